The fraction of sp³-hybridized carbons (Fsp3) is 0.556. The first kappa shape index (κ1) is 12.1. The van der Waals surface area contributed by atoms with E-state index in [-0.39, 0.29) is 11.9 Å². The van der Waals surface area contributed by atoms with E-state index in [2.05, 4.69) is 11.9 Å². The first-order valence-corrected chi connectivity index (χ1v) is 6.38. The average Bonchev–Trinajstić information content (AvgIpc) is 2.51. The van der Waals surface area contributed by atoms with Crippen LogP contribution in [0.5, 0.6) is 0 Å². The summed E-state index contributed by atoms with van der Waals surface area (Å²) in [7, 11) is -3.84. The Hall–Kier alpha value is -1.01. The van der Waals surface area contributed by atoms with Crippen LogP contribution in [0, 0.1) is 0 Å². The molecule has 1 heterocycles. The largest absolute Gasteiger partial charge is 0.372 e. The van der Waals surface area contributed by atoms with Gasteiger partial charge in [-0.2, -0.15) is 8.42 Å². The van der Waals surface area contributed by atoms with Crippen molar-refractivity contribution < 1.29 is 13.0 Å². The molecule has 1 rings (SSSR count). The molecule has 0 bridgehead atoms. The molecule has 0 saturated heterocycles. The van der Waals surface area contributed by atoms with E-state index in [0.29, 0.717) is 13.0 Å². The fourth-order valence-electron chi connectivity index (χ4n) is 1.52. The first-order valence-electron chi connectivity index (χ1n) is 4.77. The lowest BCUT2D eigenvalue weighted by Gasteiger charge is -2.25. The SMILES string of the molecule is C=CN[C@@H]1CC=CN1CCCS(=O)(=O)O. The van der Waals surface area contributed by atoms with E-state index < -0.39 is 10.1 Å². The van der Waals surface area contributed by atoms with Gasteiger partial charge in [-0.05, 0) is 18.8 Å². The molecule has 2 N–H and O–H groups in total. The van der Waals surface area contributed by atoms with Crippen molar-refractivity contribution in [3.63, 3.8) is 0 Å². The quantitative estimate of drug-likeness (QED) is 0.654. The maximum atomic E-state index is 10.5. The summed E-state index contributed by atoms with van der Waals surface area (Å²) >= 11 is 0. The van der Waals surface area contributed by atoms with Gasteiger partial charge in [0.1, 0.15) is 6.17 Å². The minimum Gasteiger partial charge on any atom is -0.372 e. The van der Waals surface area contributed by atoms with Gasteiger partial charge in [-0.3, -0.25) is 4.55 Å². The van der Waals surface area contributed by atoms with E-state index >= 15 is 0 Å². The third-order valence-electron chi connectivity index (χ3n) is 2.19. The minimum absolute atomic E-state index is 0.156. The van der Waals surface area contributed by atoms with E-state index in [4.69, 9.17) is 4.55 Å². The standard InChI is InChI=1S/C9H16N2O3S/c1-2-10-9-5-3-6-11(9)7-4-8-15(12,13)14/h2-3,6,9-10H,1,4-5,7-8H2,(H,12,13,14)/t9-/m0/s1. The fourth-order valence-corrected chi connectivity index (χ4v) is 2.02. The molecule has 0 aliphatic carbocycles. The Bertz CT molecular complexity index is 337. The van der Waals surface area contributed by atoms with Crippen LogP contribution in [-0.4, -0.2) is 36.3 Å². The van der Waals surface area contributed by atoms with Crippen LogP contribution >= 0.6 is 0 Å². The number of nitrogens with zero attached hydrogens (tertiary/aromatic N) is 1. The Balaban J connectivity index is 2.31. The molecule has 0 aromatic heterocycles. The molecule has 0 aromatic rings. The summed E-state index contributed by atoms with van der Waals surface area (Å²) in [5.41, 5.74) is 0. The smallest absolute Gasteiger partial charge is 0.264 e. The van der Waals surface area contributed by atoms with Crippen molar-refractivity contribution in [3.8, 4) is 0 Å². The lowest BCUT2D eigenvalue weighted by molar-refractivity contribution is 0.275. The topological polar surface area (TPSA) is 69.6 Å². The predicted octanol–water partition coefficient (Wildman–Crippen LogP) is 0.543. The van der Waals surface area contributed by atoms with Crippen LogP contribution in [0.1, 0.15) is 12.8 Å². The third kappa shape index (κ3) is 4.35. The van der Waals surface area contributed by atoms with Crippen LogP contribution < -0.4 is 5.32 Å². The van der Waals surface area contributed by atoms with Gasteiger partial charge in [0.05, 0.1) is 5.75 Å². The molecule has 0 aromatic carbocycles. The third-order valence-corrected chi connectivity index (χ3v) is 2.99. The van der Waals surface area contributed by atoms with Crippen molar-refractivity contribution in [2.24, 2.45) is 0 Å². The summed E-state index contributed by atoms with van der Waals surface area (Å²) in [5, 5.41) is 3.06. The number of hydrogen-bond acceptors (Lipinski definition) is 4. The molecule has 0 saturated carbocycles. The molecule has 0 unspecified atom stereocenters. The van der Waals surface area contributed by atoms with E-state index in [9.17, 15) is 8.42 Å². The molecular weight excluding hydrogens is 216 g/mol. The number of rotatable bonds is 6. The van der Waals surface area contributed by atoms with Crippen LogP contribution in [0.4, 0.5) is 0 Å². The maximum Gasteiger partial charge on any atom is 0.264 e. The zero-order chi connectivity index (χ0) is 11.3. The van der Waals surface area contributed by atoms with E-state index in [1.165, 1.54) is 0 Å². The Labute approximate surface area is 90.2 Å². The van der Waals surface area contributed by atoms with E-state index in [1.54, 1.807) is 6.20 Å². The van der Waals surface area contributed by atoms with Gasteiger partial charge in [0, 0.05) is 13.0 Å². The van der Waals surface area contributed by atoms with Crippen LogP contribution in [0.25, 0.3) is 0 Å². The summed E-state index contributed by atoms with van der Waals surface area (Å²) in [6.07, 6.45) is 6.99. The molecule has 1 aliphatic heterocycles. The molecule has 6 heteroatoms. The van der Waals surface area contributed by atoms with Gasteiger partial charge in [-0.1, -0.05) is 12.7 Å². The second kappa shape index (κ2) is 5.18. The zero-order valence-electron chi connectivity index (χ0n) is 8.46. The summed E-state index contributed by atoms with van der Waals surface area (Å²) in [6, 6.07) is 0. The second-order valence-electron chi connectivity index (χ2n) is 3.38. The van der Waals surface area contributed by atoms with Gasteiger partial charge in [0.2, 0.25) is 0 Å². The van der Waals surface area contributed by atoms with Gasteiger partial charge in [0.15, 0.2) is 0 Å². The highest BCUT2D eigenvalue weighted by atomic mass is 32.2. The molecule has 0 spiro atoms. The Morgan fingerprint density at radius 3 is 3.00 bits per heavy atom. The molecular formula is C9H16N2O3S. The van der Waals surface area contributed by atoms with Crippen LogP contribution in [0.3, 0.4) is 0 Å². The van der Waals surface area contributed by atoms with Gasteiger partial charge >= 0.3 is 0 Å². The molecule has 1 aliphatic rings. The highest BCUT2D eigenvalue weighted by Gasteiger charge is 2.17. The minimum atomic E-state index is -3.84. The van der Waals surface area contributed by atoms with Gasteiger partial charge < -0.3 is 10.2 Å². The Morgan fingerprint density at radius 2 is 2.40 bits per heavy atom. The second-order valence-corrected chi connectivity index (χ2v) is 4.96. The lowest BCUT2D eigenvalue weighted by atomic mass is 10.3. The molecule has 0 radical (unpaired) electrons. The molecule has 0 fully saturated rings. The lowest BCUT2D eigenvalue weighted by Crippen LogP contribution is -2.37. The highest BCUT2D eigenvalue weighted by molar-refractivity contribution is 7.85. The van der Waals surface area contributed by atoms with Crippen molar-refractivity contribution in [1.82, 2.24) is 10.2 Å². The number of hydrogen-bond donors (Lipinski definition) is 2. The monoisotopic (exact) mass is 232 g/mol. The van der Waals surface area contributed by atoms with Crippen molar-refractivity contribution in [1.29, 1.82) is 0 Å². The van der Waals surface area contributed by atoms with Crippen LogP contribution in [0.15, 0.2) is 25.1 Å². The Morgan fingerprint density at radius 1 is 1.67 bits per heavy atom. The highest BCUT2D eigenvalue weighted by Crippen LogP contribution is 2.12. The molecule has 1 atom stereocenters. The van der Waals surface area contributed by atoms with Crippen LogP contribution in [-0.2, 0) is 10.1 Å². The van der Waals surface area contributed by atoms with Crippen LogP contribution in [0.2, 0.25) is 0 Å². The zero-order valence-corrected chi connectivity index (χ0v) is 9.28. The Kier molecular flexibility index (Phi) is 4.16. The summed E-state index contributed by atoms with van der Waals surface area (Å²) in [5.74, 6) is -0.196. The number of nitrogens with one attached hydrogen (secondary N) is 1. The maximum absolute atomic E-state index is 10.5. The van der Waals surface area contributed by atoms with Gasteiger partial charge in [0.25, 0.3) is 10.1 Å². The summed E-state index contributed by atoms with van der Waals surface area (Å²) < 4.78 is 29.6. The van der Waals surface area contributed by atoms with Crippen molar-refractivity contribution >= 4 is 10.1 Å². The summed E-state index contributed by atoms with van der Waals surface area (Å²) in [4.78, 5) is 1.99. The summed E-state index contributed by atoms with van der Waals surface area (Å²) in [6.45, 7) is 4.18. The van der Waals surface area contributed by atoms with Crippen molar-refractivity contribution in [2.75, 3.05) is 12.3 Å². The molecule has 5 nitrogen and oxygen atoms in total. The molecule has 0 amide bonds. The van der Waals surface area contributed by atoms with E-state index in [0.717, 1.165) is 6.42 Å². The average molecular weight is 232 g/mol. The first-order chi connectivity index (χ1) is 7.03. The van der Waals surface area contributed by atoms with E-state index in [1.807, 2.05) is 17.2 Å². The predicted molar refractivity (Wildman–Crippen MR) is 58.6 cm³/mol. The molecule has 86 valence electrons. The van der Waals surface area contributed by atoms with Gasteiger partial charge in [-0.15, -0.1) is 0 Å². The van der Waals surface area contributed by atoms with Crippen molar-refractivity contribution in [2.45, 2.75) is 19.0 Å². The molecule has 15 heavy (non-hydrogen) atoms. The normalized spacial score (nSPS) is 20.6. The van der Waals surface area contributed by atoms with Crippen molar-refractivity contribution in [3.05, 3.63) is 25.1 Å². The van der Waals surface area contributed by atoms with Gasteiger partial charge in [-0.25, -0.2) is 0 Å².